The molecular weight excluding hydrogens is 194 g/mol. The Bertz CT molecular complexity index is 614. The van der Waals surface area contributed by atoms with Crippen molar-refractivity contribution < 1.29 is 0 Å². The molecule has 1 aliphatic rings. The topological polar surface area (TPSA) is 4.93 Å². The molecule has 0 fully saturated rings. The van der Waals surface area contributed by atoms with Crippen LogP contribution >= 0.6 is 0 Å². The maximum atomic E-state index is 4.19. The summed E-state index contributed by atoms with van der Waals surface area (Å²) in [4.78, 5) is 0. The van der Waals surface area contributed by atoms with Crippen molar-refractivity contribution in [2.75, 3.05) is 0 Å². The molecule has 1 aromatic heterocycles. The molecule has 16 heavy (non-hydrogen) atoms. The number of hydrogen-bond donors (Lipinski definition) is 0. The molecule has 2 aromatic rings. The lowest BCUT2D eigenvalue weighted by Crippen LogP contribution is -2.05. The zero-order chi connectivity index (χ0) is 11.3. The van der Waals surface area contributed by atoms with Crippen LogP contribution in [0.2, 0.25) is 0 Å². The van der Waals surface area contributed by atoms with E-state index in [1.807, 2.05) is 0 Å². The van der Waals surface area contributed by atoms with Gasteiger partial charge in [-0.3, -0.25) is 0 Å². The maximum Gasteiger partial charge on any atom is 0.0486 e. The molecule has 3 rings (SSSR count). The van der Waals surface area contributed by atoms with E-state index in [4.69, 9.17) is 0 Å². The van der Waals surface area contributed by atoms with Gasteiger partial charge in [-0.2, -0.15) is 0 Å². The SMILES string of the molecule is C=C1CCc2c(c3ccccc3n2C)C1=C. The summed E-state index contributed by atoms with van der Waals surface area (Å²) < 4.78 is 2.29. The quantitative estimate of drug-likeness (QED) is 0.623. The number of rotatable bonds is 0. The third-order valence-electron chi connectivity index (χ3n) is 3.62. The van der Waals surface area contributed by atoms with Gasteiger partial charge in [0.2, 0.25) is 0 Å². The Hall–Kier alpha value is -1.76. The number of nitrogens with zero attached hydrogens (tertiary/aromatic N) is 1. The van der Waals surface area contributed by atoms with Gasteiger partial charge < -0.3 is 4.57 Å². The van der Waals surface area contributed by atoms with Crippen LogP contribution in [-0.2, 0) is 13.5 Å². The van der Waals surface area contributed by atoms with Crippen molar-refractivity contribution in [2.45, 2.75) is 12.8 Å². The molecule has 80 valence electrons. The van der Waals surface area contributed by atoms with Gasteiger partial charge in [-0.15, -0.1) is 0 Å². The average Bonchev–Trinajstić information content (AvgIpc) is 2.59. The van der Waals surface area contributed by atoms with E-state index in [1.165, 1.54) is 27.7 Å². The van der Waals surface area contributed by atoms with Crippen molar-refractivity contribution in [1.82, 2.24) is 4.57 Å². The largest absolute Gasteiger partial charge is 0.347 e. The third kappa shape index (κ3) is 1.06. The van der Waals surface area contributed by atoms with Gasteiger partial charge in [-0.05, 0) is 30.1 Å². The number of benzene rings is 1. The fourth-order valence-electron chi connectivity index (χ4n) is 2.67. The smallest absolute Gasteiger partial charge is 0.0486 e. The molecule has 0 bridgehead atoms. The second kappa shape index (κ2) is 3.11. The summed E-state index contributed by atoms with van der Waals surface area (Å²) in [5, 5.41) is 1.31. The zero-order valence-electron chi connectivity index (χ0n) is 9.59. The minimum Gasteiger partial charge on any atom is -0.347 e. The lowest BCUT2D eigenvalue weighted by atomic mass is 9.88. The van der Waals surface area contributed by atoms with Crippen molar-refractivity contribution in [2.24, 2.45) is 7.05 Å². The highest BCUT2D eigenvalue weighted by atomic mass is 15.0. The molecule has 0 amide bonds. The van der Waals surface area contributed by atoms with Crippen molar-refractivity contribution >= 4 is 16.5 Å². The Morgan fingerprint density at radius 2 is 1.88 bits per heavy atom. The summed E-state index contributed by atoms with van der Waals surface area (Å²) in [7, 11) is 2.14. The maximum absolute atomic E-state index is 4.19. The van der Waals surface area contributed by atoms with Gasteiger partial charge in [0, 0.05) is 29.2 Å². The van der Waals surface area contributed by atoms with E-state index < -0.39 is 0 Å². The minimum absolute atomic E-state index is 1.04. The lowest BCUT2D eigenvalue weighted by Gasteiger charge is -2.18. The highest BCUT2D eigenvalue weighted by molar-refractivity contribution is 5.98. The highest BCUT2D eigenvalue weighted by Crippen LogP contribution is 2.39. The van der Waals surface area contributed by atoms with Gasteiger partial charge in [0.05, 0.1) is 0 Å². The van der Waals surface area contributed by atoms with Crippen LogP contribution in [0.15, 0.2) is 43.0 Å². The molecule has 1 nitrogen and oxygen atoms in total. The van der Waals surface area contributed by atoms with Crippen molar-refractivity contribution in [3.8, 4) is 0 Å². The van der Waals surface area contributed by atoms with Gasteiger partial charge in [-0.25, -0.2) is 0 Å². The van der Waals surface area contributed by atoms with Gasteiger partial charge in [0.15, 0.2) is 0 Å². The number of hydrogen-bond acceptors (Lipinski definition) is 0. The van der Waals surface area contributed by atoms with Crippen molar-refractivity contribution in [1.29, 1.82) is 0 Å². The van der Waals surface area contributed by atoms with E-state index in [9.17, 15) is 0 Å². The second-order valence-electron chi connectivity index (χ2n) is 4.48. The third-order valence-corrected chi connectivity index (χ3v) is 3.62. The van der Waals surface area contributed by atoms with Gasteiger partial charge >= 0.3 is 0 Å². The molecule has 0 radical (unpaired) electrons. The van der Waals surface area contributed by atoms with E-state index in [0.29, 0.717) is 0 Å². The molecule has 1 heteroatoms. The molecule has 0 saturated heterocycles. The Labute approximate surface area is 95.7 Å². The lowest BCUT2D eigenvalue weighted by molar-refractivity contribution is 0.809. The summed E-state index contributed by atoms with van der Waals surface area (Å²) in [5.41, 5.74) is 6.32. The summed E-state index contributed by atoms with van der Waals surface area (Å²) >= 11 is 0. The first-order valence-electron chi connectivity index (χ1n) is 5.64. The van der Waals surface area contributed by atoms with Crippen molar-refractivity contribution in [3.05, 3.63) is 54.3 Å². The van der Waals surface area contributed by atoms with E-state index in [-0.39, 0.29) is 0 Å². The minimum atomic E-state index is 1.04. The van der Waals surface area contributed by atoms with E-state index in [1.54, 1.807) is 0 Å². The van der Waals surface area contributed by atoms with E-state index in [0.717, 1.165) is 18.4 Å². The average molecular weight is 209 g/mol. The molecule has 0 saturated carbocycles. The molecule has 1 heterocycles. The van der Waals surface area contributed by atoms with Gasteiger partial charge in [0.1, 0.15) is 0 Å². The molecule has 0 spiro atoms. The van der Waals surface area contributed by atoms with Crippen LogP contribution in [0.4, 0.5) is 0 Å². The summed E-state index contributed by atoms with van der Waals surface area (Å²) in [5.74, 6) is 0. The summed E-state index contributed by atoms with van der Waals surface area (Å²) in [6.07, 6.45) is 2.12. The highest BCUT2D eigenvalue weighted by Gasteiger charge is 2.22. The standard InChI is InChI=1S/C15H15N/c1-10-8-9-14-15(11(10)2)12-6-4-5-7-13(12)16(14)3/h4-7H,1-2,8-9H2,3H3. The Morgan fingerprint density at radius 3 is 2.69 bits per heavy atom. The first-order valence-corrected chi connectivity index (χ1v) is 5.64. The number of fused-ring (bicyclic) bond motifs is 3. The zero-order valence-corrected chi connectivity index (χ0v) is 9.59. The van der Waals surface area contributed by atoms with Crippen LogP contribution in [0.1, 0.15) is 17.7 Å². The Balaban J connectivity index is 2.45. The first kappa shape index (κ1) is 9.46. The second-order valence-corrected chi connectivity index (χ2v) is 4.48. The number of aryl methyl sites for hydroxylation is 1. The molecule has 1 aromatic carbocycles. The van der Waals surface area contributed by atoms with Crippen LogP contribution in [0.25, 0.3) is 16.5 Å². The number of para-hydroxylation sites is 1. The van der Waals surface area contributed by atoms with Crippen LogP contribution in [-0.4, -0.2) is 4.57 Å². The van der Waals surface area contributed by atoms with Crippen LogP contribution in [0.3, 0.4) is 0 Å². The molecule has 0 unspecified atom stereocenters. The first-order chi connectivity index (χ1) is 7.70. The van der Waals surface area contributed by atoms with Crippen LogP contribution < -0.4 is 0 Å². The van der Waals surface area contributed by atoms with Gasteiger partial charge in [-0.1, -0.05) is 31.4 Å². The monoisotopic (exact) mass is 209 g/mol. The summed E-state index contributed by atoms with van der Waals surface area (Å²) in [6, 6.07) is 8.53. The Kier molecular flexibility index (Phi) is 1.84. The molecule has 0 N–H and O–H groups in total. The summed E-state index contributed by atoms with van der Waals surface area (Å²) in [6.45, 7) is 8.29. The number of allylic oxidation sites excluding steroid dienone is 2. The fraction of sp³-hybridized carbons (Fsp3) is 0.200. The predicted molar refractivity (Wildman–Crippen MR) is 69.4 cm³/mol. The van der Waals surface area contributed by atoms with E-state index in [2.05, 4.69) is 49.0 Å². The van der Waals surface area contributed by atoms with Crippen molar-refractivity contribution in [3.63, 3.8) is 0 Å². The van der Waals surface area contributed by atoms with E-state index >= 15 is 0 Å². The fourth-order valence-corrected chi connectivity index (χ4v) is 2.67. The Morgan fingerprint density at radius 1 is 1.12 bits per heavy atom. The van der Waals surface area contributed by atoms with Gasteiger partial charge in [0.25, 0.3) is 0 Å². The van der Waals surface area contributed by atoms with Crippen LogP contribution in [0, 0.1) is 0 Å². The molecule has 1 aliphatic carbocycles. The molecular formula is C15H15N. The van der Waals surface area contributed by atoms with Crippen LogP contribution in [0.5, 0.6) is 0 Å². The number of aromatic nitrogens is 1. The molecule has 0 aliphatic heterocycles. The molecule has 0 atom stereocenters. The normalized spacial score (nSPS) is 15.6. The predicted octanol–water partition coefficient (Wildman–Crippen LogP) is 3.69.